The van der Waals surface area contributed by atoms with E-state index in [2.05, 4.69) is 0 Å². The van der Waals surface area contributed by atoms with E-state index in [4.69, 9.17) is 13.0 Å². The number of benzene rings is 1. The molecule has 2 aromatic rings. The van der Waals surface area contributed by atoms with Crippen LogP contribution in [0.15, 0.2) is 41.3 Å². The van der Waals surface area contributed by atoms with Gasteiger partial charge in [0.25, 0.3) is 5.56 Å². The molecule has 1 aromatic carbocycles. The molecule has 0 amide bonds. The van der Waals surface area contributed by atoms with Gasteiger partial charge in [0.2, 0.25) is 0 Å². The van der Waals surface area contributed by atoms with Gasteiger partial charge in [0, 0.05) is 6.20 Å². The van der Waals surface area contributed by atoms with Crippen LogP contribution in [0.3, 0.4) is 0 Å². The van der Waals surface area contributed by atoms with Crippen molar-refractivity contribution < 1.29 is 9.90 Å². The van der Waals surface area contributed by atoms with Gasteiger partial charge in [-0.15, -0.1) is 0 Å². The summed E-state index contributed by atoms with van der Waals surface area (Å²) in [6.07, 6.45) is 3.20. The second kappa shape index (κ2) is 4.67. The standard InChI is InChI=1S/C15H12BNO3/c16-12-5-1-3-10-9(12)6-7-13(10)17-8-2-4-11(14(17)18)15(19)20/h1-5,8,13H,6-7H2,(H,19,20). The molecular weight excluding hydrogens is 253 g/mol. The first-order valence-corrected chi connectivity index (χ1v) is 6.41. The van der Waals surface area contributed by atoms with Crippen molar-refractivity contribution in [2.45, 2.75) is 18.9 Å². The van der Waals surface area contributed by atoms with Gasteiger partial charge in [-0.1, -0.05) is 23.7 Å². The van der Waals surface area contributed by atoms with Gasteiger partial charge in [-0.2, -0.15) is 0 Å². The van der Waals surface area contributed by atoms with Crippen molar-refractivity contribution in [3.63, 3.8) is 0 Å². The summed E-state index contributed by atoms with van der Waals surface area (Å²) < 4.78 is 1.49. The summed E-state index contributed by atoms with van der Waals surface area (Å²) in [5.41, 5.74) is 2.12. The summed E-state index contributed by atoms with van der Waals surface area (Å²) in [7, 11) is 5.95. The average molecular weight is 265 g/mol. The number of nitrogens with zero attached hydrogens (tertiary/aromatic N) is 1. The Morgan fingerprint density at radius 1 is 1.30 bits per heavy atom. The van der Waals surface area contributed by atoms with E-state index in [1.165, 1.54) is 10.6 Å². The molecule has 0 spiro atoms. The molecule has 0 fully saturated rings. The number of carboxylic acid groups (broad SMARTS) is 1. The number of carbonyl (C=O) groups is 1. The van der Waals surface area contributed by atoms with Crippen molar-refractivity contribution in [1.82, 2.24) is 4.57 Å². The normalized spacial score (nSPS) is 16.9. The molecule has 5 heteroatoms. The predicted octanol–water partition coefficient (Wildman–Crippen LogP) is 0.876. The van der Waals surface area contributed by atoms with Crippen molar-refractivity contribution in [1.29, 1.82) is 0 Å². The molecule has 0 bridgehead atoms. The minimum absolute atomic E-state index is 0.139. The number of aromatic nitrogens is 1. The largest absolute Gasteiger partial charge is 0.477 e. The molecule has 0 saturated carbocycles. The SMILES string of the molecule is [B]c1cccc2c1CCC2n1cccc(C(=O)O)c1=O. The van der Waals surface area contributed by atoms with Gasteiger partial charge in [-0.3, -0.25) is 4.79 Å². The van der Waals surface area contributed by atoms with Crippen LogP contribution in [0.2, 0.25) is 0 Å². The second-order valence-corrected chi connectivity index (χ2v) is 4.91. The lowest BCUT2D eigenvalue weighted by Crippen LogP contribution is -2.28. The van der Waals surface area contributed by atoms with Crippen LogP contribution in [0.1, 0.15) is 33.9 Å². The third-order valence-corrected chi connectivity index (χ3v) is 3.82. The molecule has 1 aliphatic carbocycles. The molecule has 20 heavy (non-hydrogen) atoms. The van der Waals surface area contributed by atoms with Gasteiger partial charge in [-0.05, 0) is 36.1 Å². The summed E-state index contributed by atoms with van der Waals surface area (Å²) in [5, 5.41) is 9.04. The van der Waals surface area contributed by atoms with E-state index >= 15 is 0 Å². The lowest BCUT2D eigenvalue weighted by molar-refractivity contribution is 0.0694. The molecule has 1 aliphatic rings. The Labute approximate surface area is 117 Å². The topological polar surface area (TPSA) is 59.3 Å². The molecule has 98 valence electrons. The highest BCUT2D eigenvalue weighted by Crippen LogP contribution is 2.32. The van der Waals surface area contributed by atoms with Crippen LogP contribution < -0.4 is 11.0 Å². The van der Waals surface area contributed by atoms with Crippen LogP contribution in [-0.2, 0) is 6.42 Å². The van der Waals surface area contributed by atoms with E-state index < -0.39 is 11.5 Å². The minimum Gasteiger partial charge on any atom is -0.477 e. The van der Waals surface area contributed by atoms with Crippen LogP contribution in [0.5, 0.6) is 0 Å². The zero-order valence-corrected chi connectivity index (χ0v) is 10.7. The molecule has 1 atom stereocenters. The maximum atomic E-state index is 12.2. The van der Waals surface area contributed by atoms with Crippen LogP contribution in [0, 0.1) is 0 Å². The van der Waals surface area contributed by atoms with Gasteiger partial charge in [0.15, 0.2) is 0 Å². The Bertz CT molecular complexity index is 751. The average Bonchev–Trinajstić information content (AvgIpc) is 2.84. The zero-order valence-electron chi connectivity index (χ0n) is 10.7. The molecule has 0 saturated heterocycles. The van der Waals surface area contributed by atoms with Gasteiger partial charge in [0.1, 0.15) is 13.4 Å². The van der Waals surface area contributed by atoms with Crippen molar-refractivity contribution in [3.05, 3.63) is 63.6 Å². The highest BCUT2D eigenvalue weighted by Gasteiger charge is 2.26. The number of pyridine rings is 1. The molecule has 3 rings (SSSR count). The van der Waals surface area contributed by atoms with Gasteiger partial charge < -0.3 is 9.67 Å². The number of hydrogen-bond donors (Lipinski definition) is 1. The van der Waals surface area contributed by atoms with Crippen LogP contribution in [-0.4, -0.2) is 23.5 Å². The summed E-state index contributed by atoms with van der Waals surface area (Å²) >= 11 is 0. The molecular formula is C15H12BNO3. The Morgan fingerprint density at radius 3 is 2.85 bits per heavy atom. The predicted molar refractivity (Wildman–Crippen MR) is 76.0 cm³/mol. The van der Waals surface area contributed by atoms with E-state index in [1.54, 1.807) is 12.3 Å². The first-order chi connectivity index (χ1) is 9.59. The van der Waals surface area contributed by atoms with E-state index in [0.29, 0.717) is 0 Å². The Hall–Kier alpha value is -2.30. The van der Waals surface area contributed by atoms with Crippen LogP contribution in [0.25, 0.3) is 0 Å². The molecule has 1 aromatic heterocycles. The van der Waals surface area contributed by atoms with Crippen molar-refractivity contribution in [2.24, 2.45) is 0 Å². The quantitative estimate of drug-likeness (QED) is 0.820. The third-order valence-electron chi connectivity index (χ3n) is 3.82. The Balaban J connectivity index is 2.14. The number of hydrogen-bond acceptors (Lipinski definition) is 2. The van der Waals surface area contributed by atoms with Gasteiger partial charge in [-0.25, -0.2) is 4.79 Å². The summed E-state index contributed by atoms with van der Waals surface area (Å²) in [5.74, 6) is -1.20. The van der Waals surface area contributed by atoms with E-state index in [9.17, 15) is 9.59 Å². The van der Waals surface area contributed by atoms with Crippen LogP contribution in [0.4, 0.5) is 0 Å². The van der Waals surface area contributed by atoms with Crippen molar-refractivity contribution in [3.8, 4) is 0 Å². The lowest BCUT2D eigenvalue weighted by atomic mass is 9.88. The molecule has 0 aliphatic heterocycles. The number of carboxylic acids is 1. The van der Waals surface area contributed by atoms with Gasteiger partial charge >= 0.3 is 5.97 Å². The highest BCUT2D eigenvalue weighted by atomic mass is 16.4. The fraction of sp³-hybridized carbons (Fsp3) is 0.200. The maximum absolute atomic E-state index is 12.2. The summed E-state index contributed by atoms with van der Waals surface area (Å²) in [6, 6.07) is 8.44. The summed E-state index contributed by atoms with van der Waals surface area (Å²) in [6.45, 7) is 0. The van der Waals surface area contributed by atoms with Crippen molar-refractivity contribution >= 4 is 19.3 Å². The number of rotatable bonds is 2. The summed E-state index contributed by atoms with van der Waals surface area (Å²) in [4.78, 5) is 23.3. The minimum atomic E-state index is -1.20. The third kappa shape index (κ3) is 1.86. The molecule has 1 N–H and O–H groups in total. The first kappa shape index (κ1) is 12.7. The van der Waals surface area contributed by atoms with E-state index in [1.807, 2.05) is 18.2 Å². The molecule has 1 unspecified atom stereocenters. The fourth-order valence-corrected chi connectivity index (χ4v) is 2.87. The smallest absolute Gasteiger partial charge is 0.341 e. The van der Waals surface area contributed by atoms with Crippen molar-refractivity contribution in [2.75, 3.05) is 0 Å². The monoisotopic (exact) mass is 265 g/mol. The Kier molecular flexibility index (Phi) is 2.97. The highest BCUT2D eigenvalue weighted by molar-refractivity contribution is 6.33. The van der Waals surface area contributed by atoms with Gasteiger partial charge in [0.05, 0.1) is 6.04 Å². The van der Waals surface area contributed by atoms with E-state index in [0.717, 1.165) is 29.4 Å². The molecule has 1 heterocycles. The fourth-order valence-electron chi connectivity index (χ4n) is 2.87. The second-order valence-electron chi connectivity index (χ2n) is 4.91. The maximum Gasteiger partial charge on any atom is 0.341 e. The Morgan fingerprint density at radius 2 is 2.10 bits per heavy atom. The lowest BCUT2D eigenvalue weighted by Gasteiger charge is -2.16. The molecule has 4 nitrogen and oxygen atoms in total. The van der Waals surface area contributed by atoms with E-state index in [-0.39, 0.29) is 11.6 Å². The first-order valence-electron chi connectivity index (χ1n) is 6.41. The number of fused-ring (bicyclic) bond motifs is 1. The van der Waals surface area contributed by atoms with Crippen LogP contribution >= 0.6 is 0 Å². The number of aromatic carboxylic acids is 1. The molecule has 2 radical (unpaired) electrons. The zero-order chi connectivity index (χ0) is 14.3.